The fourth-order valence-electron chi connectivity index (χ4n) is 1.70. The van der Waals surface area contributed by atoms with E-state index in [1.807, 2.05) is 12.1 Å². The number of nitrogens with one attached hydrogen (secondary N) is 1. The molecule has 0 heterocycles. The van der Waals surface area contributed by atoms with Gasteiger partial charge < -0.3 is 5.32 Å². The van der Waals surface area contributed by atoms with Gasteiger partial charge in [0.15, 0.2) is 0 Å². The van der Waals surface area contributed by atoms with Gasteiger partial charge in [-0.1, -0.05) is 23.7 Å². The van der Waals surface area contributed by atoms with Crippen molar-refractivity contribution in [2.75, 3.05) is 11.2 Å². The highest BCUT2D eigenvalue weighted by Gasteiger charge is 2.09. The molecule has 1 N–H and O–H groups in total. The van der Waals surface area contributed by atoms with E-state index in [4.69, 9.17) is 23.2 Å². The fourth-order valence-corrected chi connectivity index (χ4v) is 2.04. The van der Waals surface area contributed by atoms with Crippen molar-refractivity contribution in [3.8, 4) is 0 Å². The Labute approximate surface area is 126 Å². The molecule has 5 heteroatoms. The maximum atomic E-state index is 13.3. The van der Waals surface area contributed by atoms with Gasteiger partial charge in [0, 0.05) is 17.1 Å². The lowest BCUT2D eigenvalue weighted by Crippen LogP contribution is -2.12. The van der Waals surface area contributed by atoms with Crippen molar-refractivity contribution in [3.05, 3.63) is 64.4 Å². The molecule has 104 valence electrons. The predicted molar refractivity (Wildman–Crippen MR) is 80.2 cm³/mol. The normalized spacial score (nSPS) is 10.3. The third-order valence-electron chi connectivity index (χ3n) is 2.78. The van der Waals surface area contributed by atoms with Gasteiger partial charge in [-0.15, -0.1) is 11.6 Å². The molecule has 2 aromatic rings. The summed E-state index contributed by atoms with van der Waals surface area (Å²) in [6.07, 6.45) is 0.776. The molecule has 0 aliphatic heterocycles. The summed E-state index contributed by atoms with van der Waals surface area (Å²) in [4.78, 5) is 11.9. The highest BCUT2D eigenvalue weighted by molar-refractivity contribution is 6.30. The average Bonchev–Trinajstić information content (AvgIpc) is 2.44. The van der Waals surface area contributed by atoms with E-state index in [1.165, 1.54) is 12.1 Å². The smallest absolute Gasteiger partial charge is 0.255 e. The summed E-state index contributed by atoms with van der Waals surface area (Å²) in [6.45, 7) is 0. The Morgan fingerprint density at radius 1 is 1.15 bits per heavy atom. The molecule has 0 unspecified atom stereocenters. The minimum absolute atomic E-state index is 0.00743. The molecular weight excluding hydrogens is 300 g/mol. The molecule has 0 bridgehead atoms. The monoisotopic (exact) mass is 311 g/mol. The first-order valence-electron chi connectivity index (χ1n) is 6.01. The molecule has 2 rings (SSSR count). The summed E-state index contributed by atoms with van der Waals surface area (Å²) < 4.78 is 13.3. The van der Waals surface area contributed by atoms with Crippen LogP contribution in [-0.2, 0) is 6.42 Å². The number of hydrogen-bond donors (Lipinski definition) is 1. The topological polar surface area (TPSA) is 29.1 Å². The second-order valence-electron chi connectivity index (χ2n) is 4.22. The molecule has 2 aromatic carbocycles. The molecule has 0 spiro atoms. The molecule has 0 radical (unpaired) electrons. The van der Waals surface area contributed by atoms with Crippen molar-refractivity contribution in [2.45, 2.75) is 6.42 Å². The molecule has 1 amide bonds. The van der Waals surface area contributed by atoms with Crippen LogP contribution in [0.15, 0.2) is 42.5 Å². The molecular formula is C15H12Cl2FNO. The Kier molecular flexibility index (Phi) is 4.99. The van der Waals surface area contributed by atoms with Crippen LogP contribution in [-0.4, -0.2) is 11.8 Å². The van der Waals surface area contributed by atoms with Crippen molar-refractivity contribution in [1.29, 1.82) is 0 Å². The van der Waals surface area contributed by atoms with Crippen LogP contribution in [0.5, 0.6) is 0 Å². The number of carbonyl (C=O) groups is 1. The number of hydrogen-bond acceptors (Lipinski definition) is 1. The Morgan fingerprint density at radius 3 is 2.45 bits per heavy atom. The Hall–Kier alpha value is -1.58. The van der Waals surface area contributed by atoms with Crippen LogP contribution in [0.2, 0.25) is 5.02 Å². The third-order valence-corrected chi connectivity index (χ3v) is 3.27. The lowest BCUT2D eigenvalue weighted by molar-refractivity contribution is 0.102. The summed E-state index contributed by atoms with van der Waals surface area (Å²) in [5.41, 5.74) is 1.95. The van der Waals surface area contributed by atoms with Crippen molar-refractivity contribution in [1.82, 2.24) is 0 Å². The molecule has 0 aliphatic carbocycles. The van der Waals surface area contributed by atoms with Gasteiger partial charge in [-0.05, 0) is 42.3 Å². The van der Waals surface area contributed by atoms with E-state index >= 15 is 0 Å². The molecule has 2 nitrogen and oxygen atoms in total. The summed E-state index contributed by atoms with van der Waals surface area (Å²) >= 11 is 11.2. The zero-order valence-corrected chi connectivity index (χ0v) is 12.0. The number of amides is 1. The molecule has 0 fully saturated rings. The Balaban J connectivity index is 2.08. The standard InChI is InChI=1S/C15H12Cl2FNO/c16-8-7-10-1-4-12(5-2-10)19-15(20)11-3-6-13(17)14(18)9-11/h1-6,9H,7-8H2,(H,19,20). The zero-order valence-electron chi connectivity index (χ0n) is 10.5. The maximum Gasteiger partial charge on any atom is 0.255 e. The van der Waals surface area contributed by atoms with Crippen molar-refractivity contribution in [2.24, 2.45) is 0 Å². The fraction of sp³-hybridized carbons (Fsp3) is 0.133. The molecule has 0 saturated heterocycles. The lowest BCUT2D eigenvalue weighted by Gasteiger charge is -2.07. The van der Waals surface area contributed by atoms with Gasteiger partial charge >= 0.3 is 0 Å². The van der Waals surface area contributed by atoms with Crippen LogP contribution in [0.4, 0.5) is 10.1 Å². The first-order valence-corrected chi connectivity index (χ1v) is 6.92. The van der Waals surface area contributed by atoms with Crippen LogP contribution < -0.4 is 5.32 Å². The first kappa shape index (κ1) is 14.8. The number of aryl methyl sites for hydroxylation is 1. The Morgan fingerprint density at radius 2 is 1.85 bits per heavy atom. The van der Waals surface area contributed by atoms with Crippen LogP contribution in [0.3, 0.4) is 0 Å². The largest absolute Gasteiger partial charge is 0.322 e. The number of rotatable bonds is 4. The number of carbonyl (C=O) groups excluding carboxylic acids is 1. The van der Waals surface area contributed by atoms with Crippen LogP contribution in [0.1, 0.15) is 15.9 Å². The van der Waals surface area contributed by atoms with Crippen LogP contribution in [0, 0.1) is 5.82 Å². The second kappa shape index (κ2) is 6.73. The Bertz CT molecular complexity index is 614. The van der Waals surface area contributed by atoms with Crippen LogP contribution >= 0.6 is 23.2 Å². The molecule has 0 atom stereocenters. The summed E-state index contributed by atoms with van der Waals surface area (Å²) in [6, 6.07) is 11.3. The van der Waals surface area contributed by atoms with Crippen molar-refractivity contribution >= 4 is 34.8 Å². The summed E-state index contributed by atoms with van der Waals surface area (Å²) in [5.74, 6) is -0.446. The van der Waals surface area contributed by atoms with Gasteiger partial charge in [0.05, 0.1) is 5.02 Å². The number of alkyl halides is 1. The summed E-state index contributed by atoms with van der Waals surface area (Å²) in [5, 5.41) is 2.69. The zero-order chi connectivity index (χ0) is 14.5. The van der Waals surface area contributed by atoms with E-state index < -0.39 is 5.82 Å². The predicted octanol–water partition coefficient (Wildman–Crippen LogP) is 4.51. The van der Waals surface area contributed by atoms with Gasteiger partial charge in [0.25, 0.3) is 5.91 Å². The van der Waals surface area contributed by atoms with Gasteiger partial charge in [-0.25, -0.2) is 4.39 Å². The minimum Gasteiger partial charge on any atom is -0.322 e. The minimum atomic E-state index is -0.614. The van der Waals surface area contributed by atoms with E-state index in [9.17, 15) is 9.18 Å². The second-order valence-corrected chi connectivity index (χ2v) is 5.00. The van der Waals surface area contributed by atoms with E-state index in [0.29, 0.717) is 11.6 Å². The first-order chi connectivity index (χ1) is 9.60. The van der Waals surface area contributed by atoms with Crippen molar-refractivity contribution in [3.63, 3.8) is 0 Å². The summed E-state index contributed by atoms with van der Waals surface area (Å²) in [7, 11) is 0. The van der Waals surface area contributed by atoms with Gasteiger partial charge in [-0.3, -0.25) is 4.79 Å². The van der Waals surface area contributed by atoms with Gasteiger partial charge in [-0.2, -0.15) is 0 Å². The van der Waals surface area contributed by atoms with E-state index in [0.717, 1.165) is 18.1 Å². The number of halogens is 3. The van der Waals surface area contributed by atoms with Gasteiger partial charge in [0.1, 0.15) is 5.82 Å². The van der Waals surface area contributed by atoms with Crippen molar-refractivity contribution < 1.29 is 9.18 Å². The molecule has 0 aliphatic rings. The quantitative estimate of drug-likeness (QED) is 0.827. The molecule has 0 aromatic heterocycles. The molecule has 0 saturated carbocycles. The number of benzene rings is 2. The average molecular weight is 312 g/mol. The lowest BCUT2D eigenvalue weighted by atomic mass is 10.1. The highest BCUT2D eigenvalue weighted by Crippen LogP contribution is 2.17. The van der Waals surface area contributed by atoms with Gasteiger partial charge in [0.2, 0.25) is 0 Å². The third kappa shape index (κ3) is 3.71. The highest BCUT2D eigenvalue weighted by atomic mass is 35.5. The number of anilines is 1. The maximum absolute atomic E-state index is 13.3. The van der Waals surface area contributed by atoms with Crippen LogP contribution in [0.25, 0.3) is 0 Å². The SMILES string of the molecule is O=C(Nc1ccc(CCCl)cc1)c1ccc(Cl)c(F)c1. The van der Waals surface area contributed by atoms with E-state index in [1.54, 1.807) is 12.1 Å². The van der Waals surface area contributed by atoms with E-state index in [-0.39, 0.29) is 16.5 Å². The molecule has 20 heavy (non-hydrogen) atoms. The van der Waals surface area contributed by atoms with E-state index in [2.05, 4.69) is 5.32 Å².